The maximum absolute atomic E-state index is 9.63. The second-order valence-electron chi connectivity index (χ2n) is 6.15. The van der Waals surface area contributed by atoms with Gasteiger partial charge in [-0.1, -0.05) is 6.07 Å². The van der Waals surface area contributed by atoms with E-state index < -0.39 is 0 Å². The molecule has 0 unspecified atom stereocenters. The average molecular weight is 350 g/mol. The van der Waals surface area contributed by atoms with Crippen LogP contribution in [0.2, 0.25) is 0 Å². The predicted octanol–water partition coefficient (Wildman–Crippen LogP) is 1.47. The van der Waals surface area contributed by atoms with Crippen molar-refractivity contribution >= 4 is 5.96 Å². The van der Waals surface area contributed by atoms with Crippen LogP contribution in [0.4, 0.5) is 0 Å². The van der Waals surface area contributed by atoms with E-state index in [9.17, 15) is 5.11 Å². The quantitative estimate of drug-likeness (QED) is 0.374. The molecule has 7 nitrogen and oxygen atoms in total. The summed E-state index contributed by atoms with van der Waals surface area (Å²) in [6.07, 6.45) is 5.17. The zero-order valence-electron chi connectivity index (χ0n) is 15.2. The third kappa shape index (κ3) is 6.88. The summed E-state index contributed by atoms with van der Waals surface area (Å²) >= 11 is 0. The van der Waals surface area contributed by atoms with Crippen LogP contribution in [0, 0.1) is 0 Å². The maximum atomic E-state index is 9.63. The molecule has 0 radical (unpaired) electrons. The Bertz CT molecular complexity index is 531. The van der Waals surface area contributed by atoms with Gasteiger partial charge in [0, 0.05) is 31.5 Å². The Labute approximate surface area is 149 Å². The Morgan fingerprint density at radius 2 is 2.12 bits per heavy atom. The van der Waals surface area contributed by atoms with Crippen molar-refractivity contribution in [2.75, 3.05) is 26.9 Å². The standard InChI is InChI=1S/C18H30N4O3/c1-3-19-18(22-15-6-8-16(23)9-7-15)21-13-14-5-4-10-20-17(14)25-12-11-24-2/h4-5,10,15-16,23H,3,6-9,11-13H2,1-2H3,(H2,19,21,22). The van der Waals surface area contributed by atoms with Crippen LogP contribution in [0.3, 0.4) is 0 Å². The summed E-state index contributed by atoms with van der Waals surface area (Å²) in [5.74, 6) is 1.38. The Morgan fingerprint density at radius 1 is 1.32 bits per heavy atom. The van der Waals surface area contributed by atoms with Crippen molar-refractivity contribution in [1.29, 1.82) is 0 Å². The minimum Gasteiger partial charge on any atom is -0.475 e. The summed E-state index contributed by atoms with van der Waals surface area (Å²) in [4.78, 5) is 8.95. The van der Waals surface area contributed by atoms with Crippen molar-refractivity contribution in [2.45, 2.75) is 51.3 Å². The number of methoxy groups -OCH3 is 1. The molecule has 7 heteroatoms. The second kappa shape index (κ2) is 10.9. The molecule has 1 aromatic rings. The summed E-state index contributed by atoms with van der Waals surface area (Å²) in [6, 6.07) is 4.21. The number of aliphatic imine (C=N–C) groups is 1. The molecule has 0 atom stereocenters. The third-order valence-electron chi connectivity index (χ3n) is 4.17. The molecule has 140 valence electrons. The van der Waals surface area contributed by atoms with E-state index in [-0.39, 0.29) is 6.10 Å². The number of hydrogen-bond acceptors (Lipinski definition) is 5. The first-order valence-electron chi connectivity index (χ1n) is 9.01. The average Bonchev–Trinajstić information content (AvgIpc) is 2.63. The largest absolute Gasteiger partial charge is 0.475 e. The van der Waals surface area contributed by atoms with Gasteiger partial charge in [-0.15, -0.1) is 0 Å². The Kier molecular flexibility index (Phi) is 8.48. The minimum atomic E-state index is -0.153. The van der Waals surface area contributed by atoms with Gasteiger partial charge in [0.15, 0.2) is 5.96 Å². The number of aromatic nitrogens is 1. The Morgan fingerprint density at radius 3 is 2.84 bits per heavy atom. The van der Waals surface area contributed by atoms with Gasteiger partial charge in [-0.05, 0) is 38.7 Å². The van der Waals surface area contributed by atoms with Gasteiger partial charge in [0.05, 0.1) is 19.3 Å². The van der Waals surface area contributed by atoms with Crippen LogP contribution in [0.5, 0.6) is 5.88 Å². The SMILES string of the molecule is CCNC(=NCc1cccnc1OCCOC)NC1CCC(O)CC1. The number of ether oxygens (including phenoxy) is 2. The summed E-state index contributed by atoms with van der Waals surface area (Å²) in [5.41, 5.74) is 0.940. The molecule has 1 heterocycles. The number of pyridine rings is 1. The minimum absolute atomic E-state index is 0.153. The molecule has 1 aliphatic carbocycles. The Balaban J connectivity index is 1.96. The Hall–Kier alpha value is -1.86. The van der Waals surface area contributed by atoms with E-state index >= 15 is 0 Å². The number of nitrogens with one attached hydrogen (secondary N) is 2. The highest BCUT2D eigenvalue weighted by Gasteiger charge is 2.20. The number of guanidine groups is 1. The highest BCUT2D eigenvalue weighted by Crippen LogP contribution is 2.18. The predicted molar refractivity (Wildman–Crippen MR) is 97.8 cm³/mol. The molecular formula is C18H30N4O3. The van der Waals surface area contributed by atoms with Crippen molar-refractivity contribution < 1.29 is 14.6 Å². The molecule has 2 rings (SSSR count). The molecule has 0 aromatic carbocycles. The van der Waals surface area contributed by atoms with Crippen molar-refractivity contribution in [3.05, 3.63) is 23.9 Å². The molecule has 25 heavy (non-hydrogen) atoms. The maximum Gasteiger partial charge on any atom is 0.218 e. The van der Waals surface area contributed by atoms with Gasteiger partial charge in [-0.2, -0.15) is 0 Å². The van der Waals surface area contributed by atoms with Crippen LogP contribution >= 0.6 is 0 Å². The van der Waals surface area contributed by atoms with Crippen LogP contribution in [0.1, 0.15) is 38.2 Å². The third-order valence-corrected chi connectivity index (χ3v) is 4.17. The van der Waals surface area contributed by atoms with E-state index in [1.165, 1.54) is 0 Å². The lowest BCUT2D eigenvalue weighted by Crippen LogP contribution is -2.45. The van der Waals surface area contributed by atoms with Crippen molar-refractivity contribution in [1.82, 2.24) is 15.6 Å². The van der Waals surface area contributed by atoms with Gasteiger partial charge in [-0.25, -0.2) is 9.98 Å². The zero-order valence-corrected chi connectivity index (χ0v) is 15.2. The monoisotopic (exact) mass is 350 g/mol. The highest BCUT2D eigenvalue weighted by atomic mass is 16.5. The lowest BCUT2D eigenvalue weighted by Gasteiger charge is -2.27. The van der Waals surface area contributed by atoms with E-state index in [1.54, 1.807) is 13.3 Å². The van der Waals surface area contributed by atoms with Crippen molar-refractivity contribution in [2.24, 2.45) is 4.99 Å². The number of aliphatic hydroxyl groups is 1. The molecule has 1 aliphatic rings. The van der Waals surface area contributed by atoms with Crippen LogP contribution in [-0.2, 0) is 11.3 Å². The fourth-order valence-electron chi connectivity index (χ4n) is 2.79. The van der Waals surface area contributed by atoms with Crippen molar-refractivity contribution in [3.63, 3.8) is 0 Å². The summed E-state index contributed by atoms with van der Waals surface area (Å²) in [7, 11) is 1.64. The van der Waals surface area contributed by atoms with E-state index in [1.807, 2.05) is 19.1 Å². The fraction of sp³-hybridized carbons (Fsp3) is 0.667. The molecule has 1 saturated carbocycles. The zero-order chi connectivity index (χ0) is 17.9. The van der Waals surface area contributed by atoms with Crippen LogP contribution in [-0.4, -0.2) is 55.1 Å². The van der Waals surface area contributed by atoms with E-state index in [0.717, 1.165) is 43.8 Å². The van der Waals surface area contributed by atoms with Crippen LogP contribution < -0.4 is 15.4 Å². The second-order valence-corrected chi connectivity index (χ2v) is 6.15. The highest BCUT2D eigenvalue weighted by molar-refractivity contribution is 5.80. The lowest BCUT2D eigenvalue weighted by atomic mass is 9.93. The molecule has 0 saturated heterocycles. The van der Waals surface area contributed by atoms with Gasteiger partial charge in [0.25, 0.3) is 0 Å². The molecule has 0 amide bonds. The van der Waals surface area contributed by atoms with E-state index in [2.05, 4.69) is 20.6 Å². The molecular weight excluding hydrogens is 320 g/mol. The summed E-state index contributed by atoms with van der Waals surface area (Å²) in [5, 5.41) is 16.4. The van der Waals surface area contributed by atoms with E-state index in [4.69, 9.17) is 9.47 Å². The molecule has 3 N–H and O–H groups in total. The van der Waals surface area contributed by atoms with Gasteiger partial charge < -0.3 is 25.2 Å². The topological polar surface area (TPSA) is 88.0 Å². The number of aliphatic hydroxyl groups excluding tert-OH is 1. The molecule has 0 bridgehead atoms. The van der Waals surface area contributed by atoms with E-state index in [0.29, 0.717) is 31.7 Å². The lowest BCUT2D eigenvalue weighted by molar-refractivity contribution is 0.120. The van der Waals surface area contributed by atoms with Gasteiger partial charge in [0.1, 0.15) is 6.61 Å². The molecule has 1 aromatic heterocycles. The number of nitrogens with zero attached hydrogens (tertiary/aromatic N) is 2. The first-order valence-corrected chi connectivity index (χ1v) is 9.01. The number of rotatable bonds is 8. The first kappa shape index (κ1) is 19.5. The van der Waals surface area contributed by atoms with Crippen molar-refractivity contribution in [3.8, 4) is 5.88 Å². The van der Waals surface area contributed by atoms with Crippen LogP contribution in [0.25, 0.3) is 0 Å². The molecule has 1 fully saturated rings. The van der Waals surface area contributed by atoms with Gasteiger partial charge >= 0.3 is 0 Å². The molecule has 0 aliphatic heterocycles. The summed E-state index contributed by atoms with van der Waals surface area (Å²) in [6.45, 7) is 4.32. The van der Waals surface area contributed by atoms with Gasteiger partial charge in [-0.3, -0.25) is 0 Å². The van der Waals surface area contributed by atoms with Crippen LogP contribution in [0.15, 0.2) is 23.3 Å². The fourth-order valence-corrected chi connectivity index (χ4v) is 2.79. The van der Waals surface area contributed by atoms with Gasteiger partial charge in [0.2, 0.25) is 5.88 Å². The number of hydrogen-bond donors (Lipinski definition) is 3. The summed E-state index contributed by atoms with van der Waals surface area (Å²) < 4.78 is 10.7. The normalized spacial score (nSPS) is 21.0. The molecule has 0 spiro atoms. The first-order chi connectivity index (χ1) is 12.2. The smallest absolute Gasteiger partial charge is 0.218 e.